The van der Waals surface area contributed by atoms with Crippen molar-refractivity contribution >= 4 is 61.4 Å². The molecule has 144 valence electrons. The minimum atomic E-state index is -0.708. The number of rotatable bonds is 5. The van der Waals surface area contributed by atoms with Gasteiger partial charge in [-0.25, -0.2) is 4.98 Å². The lowest BCUT2D eigenvalue weighted by atomic mass is 10.2. The van der Waals surface area contributed by atoms with Crippen molar-refractivity contribution in [2.75, 3.05) is 0 Å². The molecule has 4 rings (SSSR count). The van der Waals surface area contributed by atoms with Crippen molar-refractivity contribution in [3.05, 3.63) is 70.0 Å². The second-order valence-electron chi connectivity index (χ2n) is 5.76. The van der Waals surface area contributed by atoms with E-state index in [0.29, 0.717) is 10.3 Å². The predicted octanol–water partition coefficient (Wildman–Crippen LogP) is 5.24. The fourth-order valence-electron chi connectivity index (χ4n) is 2.33. The number of carbonyl (C=O) groups excluding carboxylic acids is 1. The monoisotopic (exact) mass is 484 g/mol. The van der Waals surface area contributed by atoms with Gasteiger partial charge in [0, 0.05) is 15.4 Å². The molecule has 1 N–H and O–H groups in total. The maximum absolute atomic E-state index is 12.1. The zero-order valence-electron chi connectivity index (χ0n) is 14.8. The van der Waals surface area contributed by atoms with Crippen LogP contribution in [0.1, 0.15) is 5.56 Å². The maximum atomic E-state index is 12.1. The minimum Gasteiger partial charge on any atom is -0.301 e. The molecule has 7 nitrogen and oxygen atoms in total. The fraction of sp³-hybridized carbons (Fsp3) is 0.0526. The van der Waals surface area contributed by atoms with Crippen LogP contribution in [0.5, 0.6) is 0 Å². The number of nitrogens with zero attached hydrogens (tertiary/aromatic N) is 5. The molecule has 0 saturated carbocycles. The van der Waals surface area contributed by atoms with E-state index in [4.69, 9.17) is 0 Å². The largest absolute Gasteiger partial charge is 0.301 e. The Balaban J connectivity index is 1.38. The summed E-state index contributed by atoms with van der Waals surface area (Å²) < 4.78 is 0.990. The number of hydrogen-bond donors (Lipinski definition) is 1. The van der Waals surface area contributed by atoms with Gasteiger partial charge in [0.1, 0.15) is 0 Å². The first-order valence-corrected chi connectivity index (χ1v) is 11.0. The topological polar surface area (TPSA) is 91.4 Å². The Hall–Kier alpha value is -2.69. The Morgan fingerprint density at radius 3 is 2.69 bits per heavy atom. The minimum absolute atomic E-state index is 0.281. The second-order valence-corrected chi connectivity index (χ2v) is 8.58. The molecule has 1 amide bonds. The molecule has 0 bridgehead atoms. The lowest BCUT2D eigenvalue weighted by Crippen LogP contribution is -2.23. The van der Waals surface area contributed by atoms with E-state index < -0.39 is 5.37 Å². The zero-order valence-corrected chi connectivity index (χ0v) is 18.0. The van der Waals surface area contributed by atoms with Crippen LogP contribution in [0.2, 0.25) is 0 Å². The van der Waals surface area contributed by atoms with Gasteiger partial charge in [-0.05, 0) is 29.5 Å². The SMILES string of the molecule is O=C1N/C(=N/N=C/c2ccc(Br)cc2)SC1/N=N/c1nc(-c2ccccc2)cs1. The number of thioether (sulfide) groups is 1. The summed E-state index contributed by atoms with van der Waals surface area (Å²) in [5.74, 6) is -0.281. The van der Waals surface area contributed by atoms with E-state index in [9.17, 15) is 4.79 Å². The third kappa shape index (κ3) is 5.22. The van der Waals surface area contributed by atoms with Gasteiger partial charge in [0.25, 0.3) is 5.91 Å². The average Bonchev–Trinajstić information content (AvgIpc) is 3.35. The molecule has 1 saturated heterocycles. The number of azo groups is 1. The molecule has 1 fully saturated rings. The highest BCUT2D eigenvalue weighted by atomic mass is 79.9. The van der Waals surface area contributed by atoms with Gasteiger partial charge in [-0.3, -0.25) is 4.79 Å². The number of thiazole rings is 1. The molecule has 1 aliphatic heterocycles. The first-order chi connectivity index (χ1) is 14.2. The number of benzene rings is 2. The molecule has 1 aromatic heterocycles. The van der Waals surface area contributed by atoms with Crippen LogP contribution in [0.4, 0.5) is 5.13 Å². The number of aromatic nitrogens is 1. The molecular weight excluding hydrogens is 472 g/mol. The summed E-state index contributed by atoms with van der Waals surface area (Å²) in [4.78, 5) is 16.5. The molecule has 1 aliphatic rings. The van der Waals surface area contributed by atoms with Gasteiger partial charge < -0.3 is 5.32 Å². The van der Waals surface area contributed by atoms with E-state index >= 15 is 0 Å². The predicted molar refractivity (Wildman–Crippen MR) is 121 cm³/mol. The summed E-state index contributed by atoms with van der Waals surface area (Å²) in [7, 11) is 0. The van der Waals surface area contributed by atoms with Crippen molar-refractivity contribution in [1.82, 2.24) is 10.3 Å². The van der Waals surface area contributed by atoms with Crippen LogP contribution in [-0.2, 0) is 4.79 Å². The molecule has 0 spiro atoms. The number of hydrogen-bond acceptors (Lipinski definition) is 8. The number of nitrogens with one attached hydrogen (secondary N) is 1. The van der Waals surface area contributed by atoms with Crippen molar-refractivity contribution < 1.29 is 4.79 Å². The van der Waals surface area contributed by atoms with E-state index in [2.05, 4.69) is 46.7 Å². The number of amides is 1. The van der Waals surface area contributed by atoms with E-state index in [1.54, 1.807) is 6.21 Å². The van der Waals surface area contributed by atoms with Gasteiger partial charge in [-0.2, -0.15) is 10.2 Å². The lowest BCUT2D eigenvalue weighted by Gasteiger charge is -1.94. The highest BCUT2D eigenvalue weighted by Crippen LogP contribution is 2.28. The number of amidine groups is 1. The Morgan fingerprint density at radius 2 is 1.90 bits per heavy atom. The van der Waals surface area contributed by atoms with Crippen molar-refractivity contribution in [1.29, 1.82) is 0 Å². The van der Waals surface area contributed by atoms with Gasteiger partial charge in [0.15, 0.2) is 5.17 Å². The standard InChI is InChI=1S/C19H13BrN6OS2/c20-14-8-6-12(7-9-14)10-21-25-19-23-16(27)17(29-19)24-26-18-22-15(11-28-18)13-4-2-1-3-5-13/h1-11,17H,(H,23,25,27)/b21-10+,26-24+. The van der Waals surface area contributed by atoms with Crippen LogP contribution in [0.25, 0.3) is 11.3 Å². The van der Waals surface area contributed by atoms with Crippen molar-refractivity contribution in [2.45, 2.75) is 5.37 Å². The summed E-state index contributed by atoms with van der Waals surface area (Å²) in [5, 5.41) is 21.0. The van der Waals surface area contributed by atoms with E-state index in [0.717, 1.165) is 33.1 Å². The average molecular weight is 485 g/mol. The number of halogens is 1. The third-order valence-electron chi connectivity index (χ3n) is 3.71. The van der Waals surface area contributed by atoms with Crippen molar-refractivity contribution in [3.63, 3.8) is 0 Å². The summed E-state index contributed by atoms with van der Waals surface area (Å²) in [6.45, 7) is 0. The lowest BCUT2D eigenvalue weighted by molar-refractivity contribution is -0.118. The first kappa shape index (κ1) is 19.6. The summed E-state index contributed by atoms with van der Waals surface area (Å²) in [6, 6.07) is 17.5. The Labute approximate surface area is 183 Å². The molecule has 1 unspecified atom stereocenters. The van der Waals surface area contributed by atoms with Crippen LogP contribution in [-0.4, -0.2) is 27.6 Å². The van der Waals surface area contributed by atoms with Crippen LogP contribution >= 0.6 is 39.0 Å². The molecular formula is C19H13BrN6OS2. The smallest absolute Gasteiger partial charge is 0.263 e. The molecule has 29 heavy (non-hydrogen) atoms. The van der Waals surface area contributed by atoms with Crippen LogP contribution < -0.4 is 5.32 Å². The van der Waals surface area contributed by atoms with E-state index in [1.807, 2.05) is 60.0 Å². The first-order valence-electron chi connectivity index (χ1n) is 8.43. The molecule has 0 radical (unpaired) electrons. The van der Waals surface area contributed by atoms with Crippen molar-refractivity contribution in [2.24, 2.45) is 20.4 Å². The fourth-order valence-corrected chi connectivity index (χ4v) is 3.97. The Morgan fingerprint density at radius 1 is 1.10 bits per heavy atom. The third-order valence-corrected chi connectivity index (χ3v) is 5.90. The second kappa shape index (κ2) is 9.21. The van der Waals surface area contributed by atoms with Crippen LogP contribution in [0.3, 0.4) is 0 Å². The molecule has 2 aromatic carbocycles. The normalized spacial score (nSPS) is 18.2. The Kier molecular flexibility index (Phi) is 6.23. The molecule has 0 aliphatic carbocycles. The van der Waals surface area contributed by atoms with Gasteiger partial charge in [0.05, 0.1) is 11.9 Å². The van der Waals surface area contributed by atoms with Crippen molar-refractivity contribution in [3.8, 4) is 11.3 Å². The highest BCUT2D eigenvalue weighted by molar-refractivity contribution is 9.10. The zero-order chi connectivity index (χ0) is 20.1. The molecule has 2 heterocycles. The quantitative estimate of drug-likeness (QED) is 0.305. The number of carbonyl (C=O) groups is 1. The van der Waals surface area contributed by atoms with Gasteiger partial charge in [-0.1, -0.05) is 58.4 Å². The molecule has 3 aromatic rings. The van der Waals surface area contributed by atoms with Gasteiger partial charge in [-0.15, -0.1) is 21.6 Å². The van der Waals surface area contributed by atoms with Crippen LogP contribution in [0.15, 0.2) is 84.9 Å². The maximum Gasteiger partial charge on any atom is 0.263 e. The Bertz CT molecular complexity index is 1100. The van der Waals surface area contributed by atoms with Crippen LogP contribution in [0, 0.1) is 0 Å². The molecule has 10 heteroatoms. The van der Waals surface area contributed by atoms with Gasteiger partial charge >= 0.3 is 0 Å². The summed E-state index contributed by atoms with van der Waals surface area (Å²) in [6.07, 6.45) is 1.61. The highest BCUT2D eigenvalue weighted by Gasteiger charge is 2.30. The summed E-state index contributed by atoms with van der Waals surface area (Å²) in [5.41, 5.74) is 2.75. The summed E-state index contributed by atoms with van der Waals surface area (Å²) >= 11 is 5.92. The molecule has 1 atom stereocenters. The van der Waals surface area contributed by atoms with E-state index in [1.165, 1.54) is 11.3 Å². The van der Waals surface area contributed by atoms with E-state index in [-0.39, 0.29) is 5.91 Å². The van der Waals surface area contributed by atoms with Gasteiger partial charge in [0.2, 0.25) is 10.5 Å².